The minimum absolute atomic E-state index is 0.368. The van der Waals surface area contributed by atoms with Crippen LogP contribution in [0.3, 0.4) is 0 Å². The molecule has 0 spiro atoms. The average molecular weight is 284 g/mol. The zero-order valence-electron chi connectivity index (χ0n) is 8.97. The topological polar surface area (TPSA) is 83.8 Å². The van der Waals surface area contributed by atoms with E-state index in [1.807, 2.05) is 0 Å². The highest BCUT2D eigenvalue weighted by atomic mass is 32.2. The van der Waals surface area contributed by atoms with Crippen molar-refractivity contribution in [2.75, 3.05) is 6.26 Å². The summed E-state index contributed by atoms with van der Waals surface area (Å²) in [5, 5.41) is 16.9. The third-order valence-electron chi connectivity index (χ3n) is 1.92. The Kier molecular flexibility index (Phi) is 3.94. The molecule has 0 saturated carbocycles. The first-order chi connectivity index (χ1) is 8.01. The Labute approximate surface area is 101 Å². The van der Waals surface area contributed by atoms with E-state index in [2.05, 4.69) is 4.65 Å². The molecule has 100 valence electrons. The van der Waals surface area contributed by atoms with Crippen LogP contribution in [-0.2, 0) is 16.0 Å². The standard InChI is InChI=1S/C8H8BF3O5S/c1-18(15,16)5-2-3-7(17-9(13)14)6(4-5)8(10,11)12/h2-4,13-14H,1H3. The van der Waals surface area contributed by atoms with Crippen LogP contribution >= 0.6 is 0 Å². The van der Waals surface area contributed by atoms with Gasteiger partial charge < -0.3 is 14.7 Å². The van der Waals surface area contributed by atoms with Gasteiger partial charge in [0.1, 0.15) is 5.75 Å². The summed E-state index contributed by atoms with van der Waals surface area (Å²) in [5.41, 5.74) is -1.40. The Balaban J connectivity index is 3.39. The zero-order valence-corrected chi connectivity index (χ0v) is 9.79. The molecule has 0 fully saturated rings. The number of hydrogen-bond acceptors (Lipinski definition) is 5. The van der Waals surface area contributed by atoms with E-state index in [0.29, 0.717) is 12.1 Å². The molecule has 1 aromatic rings. The van der Waals surface area contributed by atoms with Crippen molar-refractivity contribution in [1.29, 1.82) is 0 Å². The Hall–Kier alpha value is -1.26. The molecule has 0 atom stereocenters. The molecule has 18 heavy (non-hydrogen) atoms. The number of halogens is 3. The predicted molar refractivity (Wildman–Crippen MR) is 55.4 cm³/mol. The second kappa shape index (κ2) is 4.79. The fraction of sp³-hybridized carbons (Fsp3) is 0.250. The molecule has 0 amide bonds. The molecule has 0 radical (unpaired) electrons. The fourth-order valence-electron chi connectivity index (χ4n) is 1.18. The second-order valence-corrected chi connectivity index (χ2v) is 5.39. The molecule has 10 heteroatoms. The van der Waals surface area contributed by atoms with Crippen molar-refractivity contribution in [2.45, 2.75) is 11.1 Å². The Bertz CT molecular complexity index is 540. The van der Waals surface area contributed by atoms with Crippen LogP contribution in [0.2, 0.25) is 0 Å². The van der Waals surface area contributed by atoms with E-state index >= 15 is 0 Å². The third-order valence-corrected chi connectivity index (χ3v) is 3.03. The summed E-state index contributed by atoms with van der Waals surface area (Å²) in [6.07, 6.45) is -4.13. The van der Waals surface area contributed by atoms with E-state index in [-0.39, 0.29) is 0 Å². The van der Waals surface area contributed by atoms with Gasteiger partial charge in [-0.3, -0.25) is 0 Å². The second-order valence-electron chi connectivity index (χ2n) is 3.37. The van der Waals surface area contributed by atoms with Gasteiger partial charge in [0.05, 0.1) is 10.5 Å². The number of benzene rings is 1. The lowest BCUT2D eigenvalue weighted by atomic mass is 10.1. The van der Waals surface area contributed by atoms with Crippen molar-refractivity contribution in [2.24, 2.45) is 0 Å². The van der Waals surface area contributed by atoms with Crippen LogP contribution in [0.25, 0.3) is 0 Å². The number of sulfone groups is 1. The summed E-state index contributed by atoms with van der Waals surface area (Å²) in [6.45, 7) is 0. The molecular formula is C8H8BF3O5S. The highest BCUT2D eigenvalue weighted by molar-refractivity contribution is 7.90. The quantitative estimate of drug-likeness (QED) is 0.788. The van der Waals surface area contributed by atoms with Gasteiger partial charge in [-0.25, -0.2) is 8.42 Å². The van der Waals surface area contributed by atoms with Gasteiger partial charge in [-0.2, -0.15) is 13.2 Å². The van der Waals surface area contributed by atoms with Crippen LogP contribution in [0.15, 0.2) is 23.1 Å². The molecular weight excluding hydrogens is 276 g/mol. The van der Waals surface area contributed by atoms with Crippen molar-refractivity contribution < 1.29 is 36.3 Å². The van der Waals surface area contributed by atoms with E-state index in [0.717, 1.165) is 12.3 Å². The van der Waals surface area contributed by atoms with E-state index in [9.17, 15) is 21.6 Å². The summed E-state index contributed by atoms with van der Waals surface area (Å²) >= 11 is 0. The minimum Gasteiger partial charge on any atom is -0.511 e. The average Bonchev–Trinajstić information content (AvgIpc) is 2.13. The van der Waals surface area contributed by atoms with Crippen LogP contribution in [0.5, 0.6) is 5.75 Å². The van der Waals surface area contributed by atoms with Gasteiger partial charge in [0.15, 0.2) is 9.84 Å². The number of rotatable bonds is 3. The Morgan fingerprint density at radius 3 is 2.22 bits per heavy atom. The number of hydrogen-bond donors (Lipinski definition) is 2. The molecule has 0 bridgehead atoms. The largest absolute Gasteiger partial charge is 0.707 e. The summed E-state index contributed by atoms with van der Waals surface area (Å²) in [4.78, 5) is -0.547. The van der Waals surface area contributed by atoms with Crippen molar-refractivity contribution >= 4 is 17.2 Å². The molecule has 1 aromatic carbocycles. The SMILES string of the molecule is CS(=O)(=O)c1ccc(OB(O)O)c(C(F)(F)F)c1. The summed E-state index contributed by atoms with van der Waals surface area (Å²) < 4.78 is 64.3. The maximum atomic E-state index is 12.6. The smallest absolute Gasteiger partial charge is 0.511 e. The Morgan fingerprint density at radius 1 is 1.28 bits per heavy atom. The normalized spacial score (nSPS) is 12.3. The molecule has 0 heterocycles. The van der Waals surface area contributed by atoms with Crippen LogP contribution in [0, 0.1) is 0 Å². The predicted octanol–water partition coefficient (Wildman–Crippen LogP) is 0.457. The fourth-order valence-corrected chi connectivity index (χ4v) is 1.82. The van der Waals surface area contributed by atoms with Crippen molar-refractivity contribution in [3.63, 3.8) is 0 Å². The summed E-state index contributed by atoms with van der Waals surface area (Å²) in [7, 11) is -6.25. The van der Waals surface area contributed by atoms with Gasteiger partial charge in [0.25, 0.3) is 0 Å². The minimum atomic E-state index is -4.88. The van der Waals surface area contributed by atoms with Crippen LogP contribution in [0.1, 0.15) is 5.56 Å². The summed E-state index contributed by atoms with van der Waals surface area (Å²) in [6, 6.07) is 1.95. The van der Waals surface area contributed by atoms with Gasteiger partial charge in [-0.15, -0.1) is 0 Å². The first-order valence-electron chi connectivity index (χ1n) is 4.46. The Morgan fingerprint density at radius 2 is 1.83 bits per heavy atom. The monoisotopic (exact) mass is 284 g/mol. The lowest BCUT2D eigenvalue weighted by molar-refractivity contribution is -0.138. The molecule has 0 aromatic heterocycles. The van der Waals surface area contributed by atoms with Crippen LogP contribution in [0.4, 0.5) is 13.2 Å². The van der Waals surface area contributed by atoms with Gasteiger partial charge >= 0.3 is 13.5 Å². The maximum Gasteiger partial charge on any atom is 0.707 e. The molecule has 1 rings (SSSR count). The molecule has 0 unspecified atom stereocenters. The molecule has 5 nitrogen and oxygen atoms in total. The van der Waals surface area contributed by atoms with Crippen molar-refractivity contribution in [1.82, 2.24) is 0 Å². The zero-order chi connectivity index (χ0) is 14.1. The first-order valence-corrected chi connectivity index (χ1v) is 6.35. The van der Waals surface area contributed by atoms with E-state index in [1.54, 1.807) is 0 Å². The van der Waals surface area contributed by atoms with Gasteiger partial charge in [-0.1, -0.05) is 0 Å². The van der Waals surface area contributed by atoms with E-state index < -0.39 is 39.5 Å². The van der Waals surface area contributed by atoms with Crippen LogP contribution in [-0.4, -0.2) is 32.0 Å². The lowest BCUT2D eigenvalue weighted by Gasteiger charge is -2.14. The molecule has 0 saturated heterocycles. The third kappa shape index (κ3) is 3.62. The van der Waals surface area contributed by atoms with Gasteiger partial charge in [0, 0.05) is 6.26 Å². The van der Waals surface area contributed by atoms with Gasteiger partial charge in [0.2, 0.25) is 0 Å². The molecule has 0 aliphatic heterocycles. The van der Waals surface area contributed by atoms with Gasteiger partial charge in [-0.05, 0) is 18.2 Å². The van der Waals surface area contributed by atoms with E-state index in [1.165, 1.54) is 0 Å². The maximum absolute atomic E-state index is 12.6. The highest BCUT2D eigenvalue weighted by Gasteiger charge is 2.36. The lowest BCUT2D eigenvalue weighted by Crippen LogP contribution is -2.23. The molecule has 0 aliphatic rings. The summed E-state index contributed by atoms with van der Waals surface area (Å²) in [5.74, 6) is -0.870. The van der Waals surface area contributed by atoms with E-state index in [4.69, 9.17) is 10.0 Å². The number of alkyl halides is 3. The first kappa shape index (κ1) is 14.8. The van der Waals surface area contributed by atoms with Crippen molar-refractivity contribution in [3.8, 4) is 5.75 Å². The highest BCUT2D eigenvalue weighted by Crippen LogP contribution is 2.37. The molecule has 2 N–H and O–H groups in total. The van der Waals surface area contributed by atoms with Crippen LogP contribution < -0.4 is 4.65 Å². The van der Waals surface area contributed by atoms with Crippen molar-refractivity contribution in [3.05, 3.63) is 23.8 Å². The molecule has 0 aliphatic carbocycles.